The molecule has 0 amide bonds. The van der Waals surface area contributed by atoms with Gasteiger partial charge in [-0.25, -0.2) is 4.98 Å². The van der Waals surface area contributed by atoms with Crippen LogP contribution in [0.3, 0.4) is 0 Å². The normalized spacial score (nSPS) is 11.8. The first-order chi connectivity index (χ1) is 11.5. The third kappa shape index (κ3) is 3.07. The molecule has 0 aliphatic rings. The summed E-state index contributed by atoms with van der Waals surface area (Å²) in [6, 6.07) is 8.20. The van der Waals surface area contributed by atoms with Gasteiger partial charge in [-0.05, 0) is 33.0 Å². The van der Waals surface area contributed by atoms with Crippen LogP contribution in [0.15, 0.2) is 24.3 Å². The van der Waals surface area contributed by atoms with Crippen LogP contribution in [0.4, 0.5) is 0 Å². The van der Waals surface area contributed by atoms with Crippen LogP contribution in [0.25, 0.3) is 11.0 Å². The summed E-state index contributed by atoms with van der Waals surface area (Å²) in [5, 5.41) is 13.7. The Morgan fingerprint density at radius 2 is 1.92 bits per heavy atom. The largest absolute Gasteiger partial charge is 0.394 e. The van der Waals surface area contributed by atoms with Crippen molar-refractivity contribution in [1.29, 1.82) is 0 Å². The van der Waals surface area contributed by atoms with Crippen molar-refractivity contribution in [3.63, 3.8) is 0 Å². The van der Waals surface area contributed by atoms with Crippen LogP contribution in [0.2, 0.25) is 0 Å². The van der Waals surface area contributed by atoms with E-state index in [2.05, 4.69) is 41.7 Å². The molecule has 0 saturated heterocycles. The monoisotopic (exact) mass is 327 g/mol. The average Bonchev–Trinajstić information content (AvgIpc) is 3.00. The van der Waals surface area contributed by atoms with Crippen LogP contribution < -0.4 is 0 Å². The summed E-state index contributed by atoms with van der Waals surface area (Å²) in [4.78, 5) is 6.99. The second-order valence-corrected chi connectivity index (χ2v) is 6.34. The second kappa shape index (κ2) is 6.75. The van der Waals surface area contributed by atoms with E-state index in [4.69, 9.17) is 10.1 Å². The number of benzene rings is 1. The Balaban J connectivity index is 1.78. The van der Waals surface area contributed by atoms with E-state index >= 15 is 0 Å². The van der Waals surface area contributed by atoms with Crippen molar-refractivity contribution in [1.82, 2.24) is 24.2 Å². The Hall–Kier alpha value is -2.18. The first-order valence-corrected chi connectivity index (χ1v) is 8.24. The van der Waals surface area contributed by atoms with Crippen molar-refractivity contribution in [3.05, 3.63) is 47.0 Å². The molecule has 0 radical (unpaired) electrons. The summed E-state index contributed by atoms with van der Waals surface area (Å²) in [6.07, 6.45) is 0. The predicted molar refractivity (Wildman–Crippen MR) is 94.7 cm³/mol. The number of imidazole rings is 1. The summed E-state index contributed by atoms with van der Waals surface area (Å²) in [5.41, 5.74) is 5.57. The third-order valence-corrected chi connectivity index (χ3v) is 4.56. The first-order valence-electron chi connectivity index (χ1n) is 8.24. The van der Waals surface area contributed by atoms with E-state index in [1.807, 2.05) is 29.8 Å². The highest BCUT2D eigenvalue weighted by molar-refractivity contribution is 5.75. The van der Waals surface area contributed by atoms with Crippen LogP contribution in [-0.2, 0) is 26.7 Å². The number of hydrogen-bond donors (Lipinski definition) is 1. The summed E-state index contributed by atoms with van der Waals surface area (Å²) < 4.78 is 4.04. The maximum Gasteiger partial charge on any atom is 0.123 e. The fourth-order valence-electron chi connectivity index (χ4n) is 3.18. The molecule has 2 heterocycles. The third-order valence-electron chi connectivity index (χ3n) is 4.56. The van der Waals surface area contributed by atoms with Crippen LogP contribution in [0.1, 0.15) is 22.8 Å². The minimum Gasteiger partial charge on any atom is -0.394 e. The van der Waals surface area contributed by atoms with Gasteiger partial charge in [0.05, 0.1) is 36.4 Å². The number of para-hydroxylation sites is 2. The zero-order valence-corrected chi connectivity index (χ0v) is 14.8. The van der Waals surface area contributed by atoms with E-state index < -0.39 is 0 Å². The highest BCUT2D eigenvalue weighted by Gasteiger charge is 2.15. The number of aryl methyl sites for hydroxylation is 2. The van der Waals surface area contributed by atoms with Crippen molar-refractivity contribution in [2.24, 2.45) is 7.05 Å². The van der Waals surface area contributed by atoms with Crippen molar-refractivity contribution in [3.8, 4) is 0 Å². The van der Waals surface area contributed by atoms with Crippen molar-refractivity contribution >= 4 is 11.0 Å². The summed E-state index contributed by atoms with van der Waals surface area (Å²) >= 11 is 0. The van der Waals surface area contributed by atoms with Crippen LogP contribution >= 0.6 is 0 Å². The first kappa shape index (κ1) is 16.7. The van der Waals surface area contributed by atoms with E-state index in [-0.39, 0.29) is 6.61 Å². The van der Waals surface area contributed by atoms with Crippen LogP contribution in [-0.4, -0.2) is 43.0 Å². The Morgan fingerprint density at radius 1 is 1.17 bits per heavy atom. The Morgan fingerprint density at radius 3 is 2.62 bits per heavy atom. The molecule has 2 aromatic heterocycles. The lowest BCUT2D eigenvalue weighted by Crippen LogP contribution is -2.20. The van der Waals surface area contributed by atoms with Crippen molar-refractivity contribution in [2.45, 2.75) is 33.5 Å². The molecular weight excluding hydrogens is 302 g/mol. The standard InChI is InChI=1S/C18H25N5O/c1-13-15(14(2)23(20-13)9-10-24)11-21(3)12-18-19-16-7-5-6-8-17(16)22(18)4/h5-8,24H,9-12H2,1-4H3. The second-order valence-electron chi connectivity index (χ2n) is 6.34. The average molecular weight is 327 g/mol. The molecule has 0 atom stereocenters. The van der Waals surface area contributed by atoms with Crippen molar-refractivity contribution < 1.29 is 5.11 Å². The molecule has 0 spiro atoms. The van der Waals surface area contributed by atoms with Gasteiger partial charge in [0, 0.05) is 24.8 Å². The van der Waals surface area contributed by atoms with Gasteiger partial charge in [-0.2, -0.15) is 5.10 Å². The van der Waals surface area contributed by atoms with Gasteiger partial charge < -0.3 is 9.67 Å². The molecule has 0 fully saturated rings. The molecule has 0 saturated carbocycles. The van der Waals surface area contributed by atoms with Gasteiger partial charge >= 0.3 is 0 Å². The molecule has 6 nitrogen and oxygen atoms in total. The van der Waals surface area contributed by atoms with Crippen LogP contribution in [0, 0.1) is 13.8 Å². The molecule has 0 bridgehead atoms. The molecule has 6 heteroatoms. The number of aliphatic hydroxyl groups excluding tert-OH is 1. The fraction of sp³-hybridized carbons (Fsp3) is 0.444. The van der Waals surface area contributed by atoms with Crippen molar-refractivity contribution in [2.75, 3.05) is 13.7 Å². The highest BCUT2D eigenvalue weighted by Crippen LogP contribution is 2.18. The smallest absolute Gasteiger partial charge is 0.123 e. The van der Waals surface area contributed by atoms with E-state index in [0.29, 0.717) is 6.54 Å². The zero-order chi connectivity index (χ0) is 17.3. The minimum absolute atomic E-state index is 0.108. The molecule has 0 unspecified atom stereocenters. The highest BCUT2D eigenvalue weighted by atomic mass is 16.3. The quantitative estimate of drug-likeness (QED) is 0.752. The van der Waals surface area contributed by atoms with Gasteiger partial charge in [0.15, 0.2) is 0 Å². The number of fused-ring (bicyclic) bond motifs is 1. The fourth-order valence-corrected chi connectivity index (χ4v) is 3.18. The van der Waals surface area contributed by atoms with Crippen LogP contribution in [0.5, 0.6) is 0 Å². The van der Waals surface area contributed by atoms with Gasteiger partial charge in [0.2, 0.25) is 0 Å². The number of hydrogen-bond acceptors (Lipinski definition) is 4. The minimum atomic E-state index is 0.108. The molecule has 3 aromatic rings. The Labute approximate surface area is 142 Å². The molecule has 1 N–H and O–H groups in total. The Kier molecular flexibility index (Phi) is 4.69. The van der Waals surface area contributed by atoms with Gasteiger partial charge in [0.25, 0.3) is 0 Å². The van der Waals surface area contributed by atoms with Gasteiger partial charge in [-0.3, -0.25) is 9.58 Å². The zero-order valence-electron chi connectivity index (χ0n) is 14.8. The number of nitrogens with zero attached hydrogens (tertiary/aromatic N) is 5. The topological polar surface area (TPSA) is 59.1 Å². The van der Waals surface area contributed by atoms with Gasteiger partial charge in [-0.15, -0.1) is 0 Å². The molecule has 0 aliphatic carbocycles. The summed E-state index contributed by atoms with van der Waals surface area (Å²) in [7, 11) is 4.16. The predicted octanol–water partition coefficient (Wildman–Crippen LogP) is 2.01. The summed E-state index contributed by atoms with van der Waals surface area (Å²) in [6.45, 7) is 6.33. The lowest BCUT2D eigenvalue weighted by Gasteiger charge is -2.17. The lowest BCUT2D eigenvalue weighted by molar-refractivity contribution is 0.267. The maximum atomic E-state index is 9.14. The van der Waals surface area contributed by atoms with E-state index in [0.717, 1.165) is 41.3 Å². The number of rotatable bonds is 6. The molecule has 24 heavy (non-hydrogen) atoms. The molecule has 1 aromatic carbocycles. The Bertz CT molecular complexity index is 849. The lowest BCUT2D eigenvalue weighted by atomic mass is 10.2. The molecule has 3 rings (SSSR count). The SMILES string of the molecule is Cc1nn(CCO)c(C)c1CN(C)Cc1nc2ccccc2n1C. The number of aliphatic hydroxyl groups is 1. The maximum absolute atomic E-state index is 9.14. The molecule has 128 valence electrons. The summed E-state index contributed by atoms with van der Waals surface area (Å²) in [5.74, 6) is 1.05. The van der Waals surface area contributed by atoms with Gasteiger partial charge in [0.1, 0.15) is 5.82 Å². The van der Waals surface area contributed by atoms with Gasteiger partial charge in [-0.1, -0.05) is 12.1 Å². The molecular formula is C18H25N5O. The number of aromatic nitrogens is 4. The van der Waals surface area contributed by atoms with E-state index in [1.54, 1.807) is 0 Å². The van der Waals surface area contributed by atoms with E-state index in [1.165, 1.54) is 5.56 Å². The molecule has 0 aliphatic heterocycles. The van der Waals surface area contributed by atoms with E-state index in [9.17, 15) is 0 Å².